The third-order valence-electron chi connectivity index (χ3n) is 2.23. The Morgan fingerprint density at radius 3 is 2.62 bits per heavy atom. The van der Waals surface area contributed by atoms with E-state index in [1.165, 1.54) is 12.1 Å². The van der Waals surface area contributed by atoms with E-state index in [4.69, 9.17) is 0 Å². The highest BCUT2D eigenvalue weighted by Crippen LogP contribution is 2.24. The number of hydrogen-bond donors (Lipinski definition) is 1. The van der Waals surface area contributed by atoms with Gasteiger partial charge in [0.25, 0.3) is 5.69 Å². The van der Waals surface area contributed by atoms with E-state index in [0.29, 0.717) is 16.8 Å². The van der Waals surface area contributed by atoms with E-state index >= 15 is 0 Å². The zero-order valence-corrected chi connectivity index (χ0v) is 8.39. The number of aromatic nitrogens is 1. The van der Waals surface area contributed by atoms with Crippen molar-refractivity contribution in [3.63, 3.8) is 0 Å². The van der Waals surface area contributed by atoms with Crippen LogP contribution in [-0.4, -0.2) is 10.1 Å². The van der Waals surface area contributed by atoms with Gasteiger partial charge in [-0.3, -0.25) is 10.1 Å². The fourth-order valence-electron chi connectivity index (χ4n) is 1.45. The molecule has 0 aliphatic rings. The summed E-state index contributed by atoms with van der Waals surface area (Å²) in [6.45, 7) is 1.64. The lowest BCUT2D eigenvalue weighted by Gasteiger charge is -1.99. The first-order valence-corrected chi connectivity index (χ1v) is 4.52. The van der Waals surface area contributed by atoms with Crippen LogP contribution >= 0.6 is 0 Å². The van der Waals surface area contributed by atoms with Crippen LogP contribution in [0.1, 0.15) is 5.56 Å². The van der Waals surface area contributed by atoms with E-state index in [0.717, 1.165) is 0 Å². The zero-order chi connectivity index (χ0) is 11.7. The molecule has 1 heterocycles. The lowest BCUT2D eigenvalue weighted by molar-refractivity contribution is -0.385. The monoisotopic (exact) mass is 220 g/mol. The molecule has 0 atom stereocenters. The topological polar surface area (TPSA) is 89.1 Å². The summed E-state index contributed by atoms with van der Waals surface area (Å²) < 4.78 is 4.52. The molecule has 2 rings (SSSR count). The van der Waals surface area contributed by atoms with Gasteiger partial charge in [-0.15, -0.1) is 0 Å². The number of nitrogens with zero attached hydrogens (tertiary/aromatic N) is 1. The average Bonchev–Trinajstić information content (AvgIpc) is 2.64. The minimum absolute atomic E-state index is 0.0505. The Hall–Kier alpha value is -2.37. The van der Waals surface area contributed by atoms with E-state index in [-0.39, 0.29) is 5.69 Å². The first-order valence-electron chi connectivity index (χ1n) is 4.52. The number of hydrogen-bond acceptors (Lipinski definition) is 4. The standard InChI is InChI=1S/C10H8N2O4/c1-6-4-7(2-3-9(6)12(14)15)8-5-10(13)16-11-8/h2-5,11H,1H3. The van der Waals surface area contributed by atoms with Crippen LogP contribution in [-0.2, 0) is 0 Å². The second kappa shape index (κ2) is 3.65. The Kier molecular flexibility index (Phi) is 2.32. The third kappa shape index (κ3) is 1.72. The van der Waals surface area contributed by atoms with Gasteiger partial charge in [-0.25, -0.2) is 9.95 Å². The first-order chi connectivity index (χ1) is 7.58. The molecule has 0 unspecified atom stereocenters. The molecule has 0 bridgehead atoms. The summed E-state index contributed by atoms with van der Waals surface area (Å²) in [4.78, 5) is 21.0. The Labute approximate surface area is 89.6 Å². The average molecular weight is 220 g/mol. The second-order valence-electron chi connectivity index (χ2n) is 3.34. The maximum atomic E-state index is 10.8. The minimum Gasteiger partial charge on any atom is -0.339 e. The van der Waals surface area contributed by atoms with E-state index < -0.39 is 10.5 Å². The van der Waals surface area contributed by atoms with Gasteiger partial charge in [-0.1, -0.05) is 0 Å². The number of benzene rings is 1. The van der Waals surface area contributed by atoms with Gasteiger partial charge in [0.1, 0.15) is 0 Å². The lowest BCUT2D eigenvalue weighted by Crippen LogP contribution is -1.92. The van der Waals surface area contributed by atoms with Crippen LogP contribution in [0, 0.1) is 17.0 Å². The third-order valence-corrected chi connectivity index (χ3v) is 2.23. The number of nitro benzene ring substituents is 1. The van der Waals surface area contributed by atoms with Crippen LogP contribution in [0.4, 0.5) is 5.69 Å². The fraction of sp³-hybridized carbons (Fsp3) is 0.100. The summed E-state index contributed by atoms with van der Waals surface area (Å²) in [7, 11) is 0. The number of nitrogens with one attached hydrogen (secondary N) is 1. The maximum Gasteiger partial charge on any atom is 0.357 e. The van der Waals surface area contributed by atoms with Crippen molar-refractivity contribution in [1.29, 1.82) is 0 Å². The van der Waals surface area contributed by atoms with Crippen LogP contribution in [0.2, 0.25) is 0 Å². The van der Waals surface area contributed by atoms with Crippen LogP contribution in [0.5, 0.6) is 0 Å². The molecule has 0 aliphatic heterocycles. The van der Waals surface area contributed by atoms with Gasteiger partial charge in [0.05, 0.1) is 16.7 Å². The smallest absolute Gasteiger partial charge is 0.339 e. The summed E-state index contributed by atoms with van der Waals surface area (Å²) in [6, 6.07) is 5.88. The fourth-order valence-corrected chi connectivity index (χ4v) is 1.45. The molecular weight excluding hydrogens is 212 g/mol. The van der Waals surface area contributed by atoms with Crippen molar-refractivity contribution in [3.05, 3.63) is 50.4 Å². The molecular formula is C10H8N2O4. The molecule has 6 nitrogen and oxygen atoms in total. The summed E-state index contributed by atoms with van der Waals surface area (Å²) >= 11 is 0. The maximum absolute atomic E-state index is 10.8. The number of aryl methyl sites for hydroxylation is 1. The Morgan fingerprint density at radius 1 is 1.38 bits per heavy atom. The largest absolute Gasteiger partial charge is 0.357 e. The molecule has 0 amide bonds. The predicted molar refractivity (Wildman–Crippen MR) is 56.2 cm³/mol. The number of H-pyrrole nitrogens is 1. The van der Waals surface area contributed by atoms with Gasteiger partial charge in [0.15, 0.2) is 0 Å². The Morgan fingerprint density at radius 2 is 2.12 bits per heavy atom. The van der Waals surface area contributed by atoms with Crippen molar-refractivity contribution < 1.29 is 9.45 Å². The number of aromatic amines is 1. The molecule has 1 aromatic carbocycles. The molecule has 0 radical (unpaired) electrons. The van der Waals surface area contributed by atoms with Crippen molar-refractivity contribution in [1.82, 2.24) is 5.16 Å². The molecule has 0 saturated heterocycles. The van der Waals surface area contributed by atoms with Gasteiger partial charge in [-0.05, 0) is 19.1 Å². The van der Waals surface area contributed by atoms with Crippen LogP contribution in [0.25, 0.3) is 11.3 Å². The van der Waals surface area contributed by atoms with E-state index in [9.17, 15) is 14.9 Å². The summed E-state index contributed by atoms with van der Waals surface area (Å²) in [5.41, 5.74) is 1.28. The SMILES string of the molecule is Cc1cc(-c2cc(=O)o[nH]2)ccc1[N+](=O)[O-]. The summed E-state index contributed by atoms with van der Waals surface area (Å²) in [5, 5.41) is 13.0. The van der Waals surface area contributed by atoms with Crippen molar-refractivity contribution in [2.24, 2.45) is 0 Å². The normalized spacial score (nSPS) is 10.3. The molecule has 82 valence electrons. The molecule has 0 fully saturated rings. The van der Waals surface area contributed by atoms with Crippen molar-refractivity contribution in [2.75, 3.05) is 0 Å². The number of rotatable bonds is 2. The quantitative estimate of drug-likeness (QED) is 0.617. The molecule has 0 spiro atoms. The molecule has 2 aromatic rings. The highest BCUT2D eigenvalue weighted by Gasteiger charge is 2.11. The minimum atomic E-state index is -0.481. The van der Waals surface area contributed by atoms with Crippen LogP contribution < -0.4 is 5.63 Å². The Bertz CT molecular complexity index is 597. The summed E-state index contributed by atoms with van der Waals surface area (Å²) in [5.74, 6) is 0. The van der Waals surface area contributed by atoms with Crippen LogP contribution in [0.15, 0.2) is 33.6 Å². The van der Waals surface area contributed by atoms with Gasteiger partial charge in [0.2, 0.25) is 0 Å². The van der Waals surface area contributed by atoms with Crippen LogP contribution in [0.3, 0.4) is 0 Å². The van der Waals surface area contributed by atoms with Crippen molar-refractivity contribution in [3.8, 4) is 11.3 Å². The molecule has 0 aliphatic carbocycles. The van der Waals surface area contributed by atoms with E-state index in [2.05, 4.69) is 9.68 Å². The molecule has 1 N–H and O–H groups in total. The van der Waals surface area contributed by atoms with Gasteiger partial charge in [0, 0.05) is 17.2 Å². The van der Waals surface area contributed by atoms with E-state index in [1.54, 1.807) is 19.1 Å². The molecule has 0 saturated carbocycles. The van der Waals surface area contributed by atoms with Crippen molar-refractivity contribution in [2.45, 2.75) is 6.92 Å². The Balaban J connectivity index is 2.49. The van der Waals surface area contributed by atoms with E-state index in [1.807, 2.05) is 0 Å². The molecule has 1 aromatic heterocycles. The van der Waals surface area contributed by atoms with Gasteiger partial charge in [-0.2, -0.15) is 0 Å². The van der Waals surface area contributed by atoms with Gasteiger partial charge >= 0.3 is 5.63 Å². The number of nitro groups is 1. The lowest BCUT2D eigenvalue weighted by atomic mass is 10.1. The van der Waals surface area contributed by atoms with Crippen molar-refractivity contribution >= 4 is 5.69 Å². The highest BCUT2D eigenvalue weighted by molar-refractivity contribution is 5.62. The molecule has 16 heavy (non-hydrogen) atoms. The first kappa shape index (κ1) is 10.2. The highest BCUT2D eigenvalue weighted by atomic mass is 16.6. The van der Waals surface area contributed by atoms with Gasteiger partial charge < -0.3 is 4.52 Å². The zero-order valence-electron chi connectivity index (χ0n) is 8.39. The predicted octanol–water partition coefficient (Wildman–Crippen LogP) is 1.85. The second-order valence-corrected chi connectivity index (χ2v) is 3.34. The summed E-state index contributed by atoms with van der Waals surface area (Å²) in [6.07, 6.45) is 0. The molecule has 6 heteroatoms.